The lowest BCUT2D eigenvalue weighted by atomic mass is 9.97. The topological polar surface area (TPSA) is 59.2 Å². The van der Waals surface area contributed by atoms with Crippen LogP contribution in [0.4, 0.5) is 0 Å². The van der Waals surface area contributed by atoms with E-state index in [9.17, 15) is 4.79 Å². The van der Waals surface area contributed by atoms with Gasteiger partial charge in [0.15, 0.2) is 0 Å². The molecule has 1 aliphatic heterocycles. The molecule has 5 nitrogen and oxygen atoms in total. The van der Waals surface area contributed by atoms with E-state index in [1.807, 2.05) is 25.7 Å². The third-order valence-electron chi connectivity index (χ3n) is 3.58. The van der Waals surface area contributed by atoms with Gasteiger partial charge in [-0.3, -0.25) is 4.79 Å². The van der Waals surface area contributed by atoms with Crippen molar-refractivity contribution in [2.45, 2.75) is 63.5 Å². The van der Waals surface area contributed by atoms with Gasteiger partial charge in [0.1, 0.15) is 0 Å². The van der Waals surface area contributed by atoms with E-state index >= 15 is 0 Å². The number of likely N-dealkylation sites (tertiary alicyclic amines) is 1. The predicted octanol–water partition coefficient (Wildman–Crippen LogP) is 3.25. The van der Waals surface area contributed by atoms with E-state index < -0.39 is 0 Å². The number of aromatic nitrogens is 2. The van der Waals surface area contributed by atoms with Gasteiger partial charge in [-0.1, -0.05) is 51.8 Å². The van der Waals surface area contributed by atoms with Crippen molar-refractivity contribution in [3.05, 3.63) is 5.89 Å². The minimum Gasteiger partial charge on any atom is -0.415 e. The van der Waals surface area contributed by atoms with Gasteiger partial charge in [0.05, 0.1) is 5.75 Å². The average molecular weight is 311 g/mol. The monoisotopic (exact) mass is 311 g/mol. The largest absolute Gasteiger partial charge is 0.415 e. The van der Waals surface area contributed by atoms with Crippen LogP contribution < -0.4 is 0 Å². The van der Waals surface area contributed by atoms with E-state index in [4.69, 9.17) is 4.42 Å². The number of nitrogens with zero attached hydrogens (tertiary/aromatic N) is 3. The van der Waals surface area contributed by atoms with Gasteiger partial charge >= 0.3 is 0 Å². The Morgan fingerprint density at radius 1 is 1.14 bits per heavy atom. The summed E-state index contributed by atoms with van der Waals surface area (Å²) < 4.78 is 5.60. The predicted molar refractivity (Wildman–Crippen MR) is 83.4 cm³/mol. The lowest BCUT2D eigenvalue weighted by Gasteiger charge is -2.24. The maximum atomic E-state index is 12.3. The van der Waals surface area contributed by atoms with Crippen LogP contribution in [0, 0.1) is 0 Å². The molecule has 0 atom stereocenters. The molecule has 1 aromatic rings. The molecule has 0 aliphatic carbocycles. The molecule has 2 rings (SSSR count). The van der Waals surface area contributed by atoms with Crippen LogP contribution in [-0.4, -0.2) is 39.8 Å². The lowest BCUT2D eigenvalue weighted by molar-refractivity contribution is -0.128. The Bertz CT molecular complexity index is 460. The molecule has 1 aromatic heterocycles. The van der Waals surface area contributed by atoms with Crippen molar-refractivity contribution >= 4 is 17.7 Å². The van der Waals surface area contributed by atoms with E-state index in [2.05, 4.69) is 10.2 Å². The summed E-state index contributed by atoms with van der Waals surface area (Å²) in [6, 6.07) is 0. The van der Waals surface area contributed by atoms with Crippen molar-refractivity contribution in [2.24, 2.45) is 0 Å². The van der Waals surface area contributed by atoms with E-state index in [1.54, 1.807) is 0 Å². The van der Waals surface area contributed by atoms with Gasteiger partial charge in [0.25, 0.3) is 5.22 Å². The zero-order chi connectivity index (χ0) is 15.3. The van der Waals surface area contributed by atoms with Crippen molar-refractivity contribution in [1.29, 1.82) is 0 Å². The molecule has 0 saturated carbocycles. The van der Waals surface area contributed by atoms with Crippen molar-refractivity contribution in [3.8, 4) is 0 Å². The molecule has 0 radical (unpaired) electrons. The van der Waals surface area contributed by atoms with Crippen LogP contribution in [0.15, 0.2) is 9.64 Å². The highest BCUT2D eigenvalue weighted by Crippen LogP contribution is 2.25. The molecule has 0 unspecified atom stereocenters. The summed E-state index contributed by atoms with van der Waals surface area (Å²) in [6.45, 7) is 7.86. The Morgan fingerprint density at radius 3 is 2.33 bits per heavy atom. The molecule has 0 bridgehead atoms. The third kappa shape index (κ3) is 5.02. The first kappa shape index (κ1) is 16.3. The molecule has 1 amide bonds. The molecule has 0 N–H and O–H groups in total. The molecule has 6 heteroatoms. The molecule has 118 valence electrons. The summed E-state index contributed by atoms with van der Waals surface area (Å²) in [5.41, 5.74) is -0.154. The van der Waals surface area contributed by atoms with Gasteiger partial charge < -0.3 is 9.32 Å². The molecule has 2 heterocycles. The molecular formula is C15H25N3O2S. The summed E-state index contributed by atoms with van der Waals surface area (Å²) in [5, 5.41) is 8.54. The first-order chi connectivity index (χ1) is 9.97. The Labute approximate surface area is 130 Å². The fourth-order valence-corrected chi connectivity index (χ4v) is 2.95. The smallest absolute Gasteiger partial charge is 0.277 e. The Balaban J connectivity index is 1.84. The second kappa shape index (κ2) is 7.29. The molecule has 0 spiro atoms. The van der Waals surface area contributed by atoms with E-state index in [1.165, 1.54) is 31.0 Å². The maximum Gasteiger partial charge on any atom is 0.277 e. The summed E-state index contributed by atoms with van der Waals surface area (Å²) in [5.74, 6) is 1.17. The maximum absolute atomic E-state index is 12.3. The van der Waals surface area contributed by atoms with Gasteiger partial charge in [0.2, 0.25) is 11.8 Å². The minimum atomic E-state index is -0.154. The Hall–Kier alpha value is -1.04. The highest BCUT2D eigenvalue weighted by molar-refractivity contribution is 7.99. The van der Waals surface area contributed by atoms with Crippen LogP contribution >= 0.6 is 11.8 Å². The van der Waals surface area contributed by atoms with Crippen LogP contribution in [0.3, 0.4) is 0 Å². The molecular weight excluding hydrogens is 286 g/mol. The molecule has 1 saturated heterocycles. The molecule has 1 fully saturated rings. The number of thioether (sulfide) groups is 1. The summed E-state index contributed by atoms with van der Waals surface area (Å²) in [6.07, 6.45) is 6.00. The Kier molecular flexibility index (Phi) is 5.67. The third-order valence-corrected chi connectivity index (χ3v) is 4.38. The van der Waals surface area contributed by atoms with E-state index in [-0.39, 0.29) is 11.3 Å². The zero-order valence-corrected chi connectivity index (χ0v) is 14.0. The molecule has 0 aromatic carbocycles. The normalized spacial score (nSPS) is 17.4. The van der Waals surface area contributed by atoms with Crippen LogP contribution in [0.25, 0.3) is 0 Å². The number of carbonyl (C=O) groups is 1. The highest BCUT2D eigenvalue weighted by Gasteiger charge is 2.22. The van der Waals surface area contributed by atoms with Crippen molar-refractivity contribution < 1.29 is 9.21 Å². The van der Waals surface area contributed by atoms with Gasteiger partial charge in [-0.2, -0.15) is 0 Å². The lowest BCUT2D eigenvalue weighted by Crippen LogP contribution is -2.35. The standard InChI is InChI=1S/C15H25N3O2S/c1-15(2,3)13-16-17-14(20-13)21-11-12(19)18-9-7-5-4-6-8-10-18/h4-11H2,1-3H3. The van der Waals surface area contributed by atoms with Crippen molar-refractivity contribution in [1.82, 2.24) is 15.1 Å². The second-order valence-electron chi connectivity index (χ2n) is 6.56. The first-order valence-corrected chi connectivity index (χ1v) is 8.70. The van der Waals surface area contributed by atoms with Crippen LogP contribution in [-0.2, 0) is 10.2 Å². The van der Waals surface area contributed by atoms with Gasteiger partial charge in [-0.15, -0.1) is 10.2 Å². The van der Waals surface area contributed by atoms with Gasteiger partial charge in [-0.25, -0.2) is 0 Å². The average Bonchev–Trinajstić information content (AvgIpc) is 2.84. The fourth-order valence-electron chi connectivity index (χ4n) is 2.28. The number of hydrogen-bond donors (Lipinski definition) is 0. The first-order valence-electron chi connectivity index (χ1n) is 7.71. The SMILES string of the molecule is CC(C)(C)c1nnc(SCC(=O)N2CCCCCCC2)o1. The summed E-state index contributed by atoms with van der Waals surface area (Å²) in [7, 11) is 0. The highest BCUT2D eigenvalue weighted by atomic mass is 32.2. The summed E-state index contributed by atoms with van der Waals surface area (Å²) >= 11 is 1.34. The number of carbonyl (C=O) groups excluding carboxylic acids is 1. The summed E-state index contributed by atoms with van der Waals surface area (Å²) in [4.78, 5) is 14.2. The minimum absolute atomic E-state index is 0.154. The number of hydrogen-bond acceptors (Lipinski definition) is 5. The van der Waals surface area contributed by atoms with Crippen LogP contribution in [0.5, 0.6) is 0 Å². The van der Waals surface area contributed by atoms with Crippen LogP contribution in [0.2, 0.25) is 0 Å². The number of amides is 1. The van der Waals surface area contributed by atoms with Crippen molar-refractivity contribution in [2.75, 3.05) is 18.8 Å². The van der Waals surface area contributed by atoms with E-state index in [0.717, 1.165) is 25.9 Å². The van der Waals surface area contributed by atoms with Crippen molar-refractivity contribution in [3.63, 3.8) is 0 Å². The molecule has 21 heavy (non-hydrogen) atoms. The van der Waals surface area contributed by atoms with Gasteiger partial charge in [-0.05, 0) is 12.8 Å². The Morgan fingerprint density at radius 2 is 1.76 bits per heavy atom. The van der Waals surface area contributed by atoms with Gasteiger partial charge in [0, 0.05) is 18.5 Å². The fraction of sp³-hybridized carbons (Fsp3) is 0.800. The second-order valence-corrected chi connectivity index (χ2v) is 7.49. The quantitative estimate of drug-likeness (QED) is 0.802. The molecule has 1 aliphatic rings. The zero-order valence-electron chi connectivity index (χ0n) is 13.2. The number of rotatable bonds is 3. The van der Waals surface area contributed by atoms with Crippen LogP contribution in [0.1, 0.15) is 58.8 Å². The van der Waals surface area contributed by atoms with E-state index in [0.29, 0.717) is 16.9 Å².